The summed E-state index contributed by atoms with van der Waals surface area (Å²) in [4.78, 5) is 24.4. The van der Waals surface area contributed by atoms with Crippen LogP contribution >= 0.6 is 11.6 Å². The van der Waals surface area contributed by atoms with Gasteiger partial charge in [0.1, 0.15) is 0 Å². The Morgan fingerprint density at radius 2 is 1.75 bits per heavy atom. The predicted molar refractivity (Wildman–Crippen MR) is 86.9 cm³/mol. The van der Waals surface area contributed by atoms with Gasteiger partial charge in [0.05, 0.1) is 5.75 Å². The van der Waals surface area contributed by atoms with Crippen LogP contribution in [0.4, 0.5) is 4.79 Å². The number of benzene rings is 1. The second kappa shape index (κ2) is 6.70. The number of rotatable bonds is 4. The van der Waals surface area contributed by atoms with Crippen molar-refractivity contribution in [3.63, 3.8) is 0 Å². The normalized spacial score (nSPS) is 20.5. The Labute approximate surface area is 145 Å². The Kier molecular flexibility index (Phi) is 4.80. The molecule has 0 aromatic heterocycles. The SMILES string of the molecule is O=C1COC(=O)N1C1CCN(S(=O)(=O)Cc2ccc(Cl)cc2)CC1. The van der Waals surface area contributed by atoms with Gasteiger partial charge < -0.3 is 4.74 Å². The molecule has 9 heteroatoms. The molecule has 2 amide bonds. The number of imide groups is 1. The molecule has 2 saturated heterocycles. The highest BCUT2D eigenvalue weighted by Crippen LogP contribution is 2.24. The molecule has 0 bridgehead atoms. The average molecular weight is 373 g/mol. The molecule has 0 spiro atoms. The van der Waals surface area contributed by atoms with E-state index in [2.05, 4.69) is 0 Å². The largest absolute Gasteiger partial charge is 0.439 e. The number of piperidine rings is 1. The highest BCUT2D eigenvalue weighted by atomic mass is 35.5. The zero-order valence-electron chi connectivity index (χ0n) is 12.9. The molecule has 0 aliphatic carbocycles. The molecule has 2 aliphatic heterocycles. The minimum absolute atomic E-state index is 0.0977. The zero-order chi connectivity index (χ0) is 17.3. The van der Waals surface area contributed by atoms with Crippen molar-refractivity contribution in [2.24, 2.45) is 0 Å². The molecule has 3 rings (SSSR count). The van der Waals surface area contributed by atoms with Crippen molar-refractivity contribution in [1.82, 2.24) is 9.21 Å². The smallest absolute Gasteiger partial charge is 0.417 e. The van der Waals surface area contributed by atoms with Crippen LogP contribution in [0, 0.1) is 0 Å². The minimum Gasteiger partial charge on any atom is -0.439 e. The van der Waals surface area contributed by atoms with E-state index in [9.17, 15) is 18.0 Å². The Morgan fingerprint density at radius 1 is 1.12 bits per heavy atom. The summed E-state index contributed by atoms with van der Waals surface area (Å²) in [7, 11) is -3.45. The van der Waals surface area contributed by atoms with Crippen LogP contribution in [0.5, 0.6) is 0 Å². The number of nitrogens with zero attached hydrogens (tertiary/aromatic N) is 2. The molecule has 24 heavy (non-hydrogen) atoms. The third kappa shape index (κ3) is 3.55. The number of carbonyl (C=O) groups excluding carboxylic acids is 2. The highest BCUT2D eigenvalue weighted by Gasteiger charge is 2.39. The van der Waals surface area contributed by atoms with E-state index in [0.717, 1.165) is 4.90 Å². The summed E-state index contributed by atoms with van der Waals surface area (Å²) in [5.41, 5.74) is 0.667. The van der Waals surface area contributed by atoms with Crippen molar-refractivity contribution in [2.45, 2.75) is 24.6 Å². The van der Waals surface area contributed by atoms with E-state index in [1.165, 1.54) is 4.31 Å². The van der Waals surface area contributed by atoms with Gasteiger partial charge >= 0.3 is 6.09 Å². The first-order valence-corrected chi connectivity index (χ1v) is 9.56. The fraction of sp³-hybridized carbons (Fsp3) is 0.467. The van der Waals surface area contributed by atoms with E-state index in [-0.39, 0.29) is 37.4 Å². The van der Waals surface area contributed by atoms with Gasteiger partial charge in [-0.05, 0) is 30.5 Å². The first-order valence-electron chi connectivity index (χ1n) is 7.58. The van der Waals surface area contributed by atoms with Gasteiger partial charge in [0, 0.05) is 24.2 Å². The van der Waals surface area contributed by atoms with E-state index < -0.39 is 16.1 Å². The third-order valence-corrected chi connectivity index (χ3v) is 6.33. The Morgan fingerprint density at radius 3 is 2.29 bits per heavy atom. The van der Waals surface area contributed by atoms with Crippen LogP contribution < -0.4 is 0 Å². The summed E-state index contributed by atoms with van der Waals surface area (Å²) in [5.74, 6) is -0.457. The van der Waals surface area contributed by atoms with Crippen molar-refractivity contribution in [2.75, 3.05) is 19.7 Å². The third-order valence-electron chi connectivity index (χ3n) is 4.23. The Bertz CT molecular complexity index is 726. The number of amides is 2. The fourth-order valence-electron chi connectivity index (χ4n) is 2.98. The Hall–Kier alpha value is -1.64. The van der Waals surface area contributed by atoms with Gasteiger partial charge in [0.15, 0.2) is 6.61 Å². The molecule has 2 heterocycles. The van der Waals surface area contributed by atoms with E-state index in [1.54, 1.807) is 24.3 Å². The van der Waals surface area contributed by atoms with Gasteiger partial charge in [0.2, 0.25) is 10.0 Å². The molecular formula is C15H17ClN2O5S. The molecule has 0 unspecified atom stereocenters. The lowest BCUT2D eigenvalue weighted by Crippen LogP contribution is -2.48. The predicted octanol–water partition coefficient (Wildman–Crippen LogP) is 1.61. The standard InChI is InChI=1S/C15H17ClN2O5S/c16-12-3-1-11(2-4-12)10-24(21,22)17-7-5-13(6-8-17)18-14(19)9-23-15(18)20/h1-4,13H,5-10H2. The lowest BCUT2D eigenvalue weighted by Gasteiger charge is -2.34. The lowest BCUT2D eigenvalue weighted by atomic mass is 10.1. The molecule has 0 saturated carbocycles. The summed E-state index contributed by atoms with van der Waals surface area (Å²) >= 11 is 5.80. The number of carbonyl (C=O) groups is 2. The Balaban J connectivity index is 1.62. The van der Waals surface area contributed by atoms with Crippen LogP contribution in [0.15, 0.2) is 24.3 Å². The van der Waals surface area contributed by atoms with Crippen molar-refractivity contribution >= 4 is 33.6 Å². The van der Waals surface area contributed by atoms with Crippen molar-refractivity contribution in [1.29, 1.82) is 0 Å². The van der Waals surface area contributed by atoms with Gasteiger partial charge in [-0.1, -0.05) is 23.7 Å². The summed E-state index contributed by atoms with van der Waals surface area (Å²) in [6, 6.07) is 6.39. The first kappa shape index (κ1) is 17.2. The molecule has 130 valence electrons. The maximum Gasteiger partial charge on any atom is 0.417 e. The number of hydrogen-bond acceptors (Lipinski definition) is 5. The fourth-order valence-corrected chi connectivity index (χ4v) is 4.67. The van der Waals surface area contributed by atoms with Crippen LogP contribution in [0.3, 0.4) is 0 Å². The monoisotopic (exact) mass is 372 g/mol. The van der Waals surface area contributed by atoms with Crippen molar-refractivity contribution in [3.05, 3.63) is 34.9 Å². The molecular weight excluding hydrogens is 356 g/mol. The van der Waals surface area contributed by atoms with Gasteiger partial charge in [-0.3, -0.25) is 4.79 Å². The molecule has 7 nitrogen and oxygen atoms in total. The summed E-state index contributed by atoms with van der Waals surface area (Å²) in [6.07, 6.45) is 0.198. The van der Waals surface area contributed by atoms with Gasteiger partial charge in [0.25, 0.3) is 5.91 Å². The van der Waals surface area contributed by atoms with Crippen LogP contribution in [0.25, 0.3) is 0 Å². The van der Waals surface area contributed by atoms with E-state index >= 15 is 0 Å². The van der Waals surface area contributed by atoms with Crippen LogP contribution in [-0.2, 0) is 25.3 Å². The molecule has 2 fully saturated rings. The minimum atomic E-state index is -3.45. The quantitative estimate of drug-likeness (QED) is 0.801. The summed E-state index contributed by atoms with van der Waals surface area (Å²) in [6.45, 7) is 0.323. The second-order valence-electron chi connectivity index (χ2n) is 5.83. The number of hydrogen-bond donors (Lipinski definition) is 0. The average Bonchev–Trinajstić information content (AvgIpc) is 2.88. The molecule has 2 aliphatic rings. The van der Waals surface area contributed by atoms with Crippen molar-refractivity contribution < 1.29 is 22.7 Å². The number of halogens is 1. The first-order chi connectivity index (χ1) is 11.4. The topological polar surface area (TPSA) is 84.0 Å². The van der Waals surface area contributed by atoms with E-state index in [4.69, 9.17) is 16.3 Å². The molecule has 0 atom stereocenters. The summed E-state index contributed by atoms with van der Waals surface area (Å²) < 4.78 is 31.1. The molecule has 1 aromatic carbocycles. The van der Waals surface area contributed by atoms with Crippen LogP contribution in [0.2, 0.25) is 5.02 Å². The van der Waals surface area contributed by atoms with Crippen LogP contribution in [0.1, 0.15) is 18.4 Å². The molecule has 1 aromatic rings. The van der Waals surface area contributed by atoms with E-state index in [0.29, 0.717) is 23.4 Å². The van der Waals surface area contributed by atoms with Crippen molar-refractivity contribution in [3.8, 4) is 0 Å². The van der Waals surface area contributed by atoms with Gasteiger partial charge in [-0.2, -0.15) is 0 Å². The number of ether oxygens (including phenoxy) is 1. The molecule has 0 N–H and O–H groups in total. The maximum atomic E-state index is 12.5. The summed E-state index contributed by atoms with van der Waals surface area (Å²) in [5, 5.41) is 0.555. The lowest BCUT2D eigenvalue weighted by molar-refractivity contribution is -0.127. The van der Waals surface area contributed by atoms with E-state index in [1.807, 2.05) is 0 Å². The zero-order valence-corrected chi connectivity index (χ0v) is 14.4. The molecule has 0 radical (unpaired) electrons. The number of sulfonamides is 1. The maximum absolute atomic E-state index is 12.5. The van der Waals surface area contributed by atoms with Gasteiger partial charge in [-0.15, -0.1) is 0 Å². The highest BCUT2D eigenvalue weighted by molar-refractivity contribution is 7.88. The number of cyclic esters (lactones) is 1. The van der Waals surface area contributed by atoms with Gasteiger partial charge in [-0.25, -0.2) is 22.4 Å². The second-order valence-corrected chi connectivity index (χ2v) is 8.24. The van der Waals surface area contributed by atoms with Crippen LogP contribution in [-0.4, -0.2) is 55.4 Å².